The van der Waals surface area contributed by atoms with Gasteiger partial charge in [-0.05, 0) is 24.5 Å². The van der Waals surface area contributed by atoms with Crippen LogP contribution in [-0.2, 0) is 0 Å². The number of carbonyl (C=O) groups excluding carboxylic acids is 1. The molecule has 0 unspecified atom stereocenters. The number of likely N-dealkylation sites (tertiary alicyclic amines) is 1. The van der Waals surface area contributed by atoms with Crippen LogP contribution in [0.2, 0.25) is 0 Å². The monoisotopic (exact) mass is 347 g/mol. The second-order valence-electron chi connectivity index (χ2n) is 6.71. The zero-order valence-electron chi connectivity index (χ0n) is 14.6. The van der Waals surface area contributed by atoms with Gasteiger partial charge in [0.2, 0.25) is 5.76 Å². The van der Waals surface area contributed by atoms with Gasteiger partial charge < -0.3 is 9.32 Å². The highest BCUT2D eigenvalue weighted by Gasteiger charge is 2.26. The molecule has 0 N–H and O–H groups in total. The third-order valence-electron chi connectivity index (χ3n) is 4.99. The summed E-state index contributed by atoms with van der Waals surface area (Å²) in [5.41, 5.74) is 1.12. The van der Waals surface area contributed by atoms with Crippen molar-refractivity contribution in [1.29, 1.82) is 0 Å². The molecule has 2 aromatic carbocycles. The number of hydrogen-bond donors (Lipinski definition) is 0. The van der Waals surface area contributed by atoms with E-state index in [4.69, 9.17) is 4.42 Å². The fourth-order valence-corrected chi connectivity index (χ4v) is 3.66. The van der Waals surface area contributed by atoms with Crippen molar-refractivity contribution >= 4 is 16.7 Å². The first-order chi connectivity index (χ1) is 12.8. The molecule has 4 heteroatoms. The lowest BCUT2D eigenvalue weighted by molar-refractivity contribution is 0.0726. The first kappa shape index (κ1) is 16.6. The first-order valence-corrected chi connectivity index (χ1v) is 9.16. The number of rotatable bonds is 2. The predicted octanol–water partition coefficient (Wildman–Crippen LogP) is 4.48. The molecule has 0 radical (unpaired) electrons. The summed E-state index contributed by atoms with van der Waals surface area (Å²) in [6.07, 6.45) is 4.25. The Bertz CT molecular complexity index is 983. The summed E-state index contributed by atoms with van der Waals surface area (Å²) < 4.78 is 5.59. The van der Waals surface area contributed by atoms with E-state index in [2.05, 4.69) is 0 Å². The van der Waals surface area contributed by atoms with Crippen molar-refractivity contribution in [2.24, 2.45) is 0 Å². The standard InChI is InChI=1S/C22H21NO3/c24-21(23-14-8-1-2-9-15-23)20-19(16-10-4-3-5-11-16)17-12-6-7-13-18(17)22(25)26-20/h3-7,10-13H,1-2,8-9,14-15H2. The molecule has 1 saturated heterocycles. The number of fused-ring (bicyclic) bond motifs is 1. The maximum Gasteiger partial charge on any atom is 0.344 e. The first-order valence-electron chi connectivity index (χ1n) is 9.16. The van der Waals surface area contributed by atoms with Crippen LogP contribution in [0.15, 0.2) is 63.8 Å². The molecular weight excluding hydrogens is 326 g/mol. The highest BCUT2D eigenvalue weighted by molar-refractivity contribution is 6.07. The zero-order chi connectivity index (χ0) is 17.9. The van der Waals surface area contributed by atoms with Crippen LogP contribution in [-0.4, -0.2) is 23.9 Å². The molecule has 3 aromatic rings. The van der Waals surface area contributed by atoms with Crippen LogP contribution in [0.1, 0.15) is 36.2 Å². The molecule has 0 atom stereocenters. The van der Waals surface area contributed by atoms with E-state index < -0.39 is 5.63 Å². The molecule has 26 heavy (non-hydrogen) atoms. The van der Waals surface area contributed by atoms with Crippen molar-refractivity contribution in [3.8, 4) is 11.1 Å². The lowest BCUT2D eigenvalue weighted by atomic mass is 9.98. The SMILES string of the molecule is O=C(c1oc(=O)c2ccccc2c1-c1ccccc1)N1CCCCCC1. The van der Waals surface area contributed by atoms with Crippen molar-refractivity contribution in [2.75, 3.05) is 13.1 Å². The number of hydrogen-bond acceptors (Lipinski definition) is 3. The van der Waals surface area contributed by atoms with Gasteiger partial charge in [0.1, 0.15) is 0 Å². The van der Waals surface area contributed by atoms with E-state index in [9.17, 15) is 9.59 Å². The molecule has 1 fully saturated rings. The molecule has 1 aliphatic heterocycles. The molecule has 1 aromatic heterocycles. The average Bonchev–Trinajstić information content (AvgIpc) is 2.97. The third-order valence-corrected chi connectivity index (χ3v) is 4.99. The van der Waals surface area contributed by atoms with E-state index in [1.165, 1.54) is 0 Å². The van der Waals surface area contributed by atoms with Crippen molar-refractivity contribution in [3.63, 3.8) is 0 Å². The van der Waals surface area contributed by atoms with Crippen molar-refractivity contribution in [1.82, 2.24) is 4.90 Å². The Balaban J connectivity index is 1.93. The highest BCUT2D eigenvalue weighted by atomic mass is 16.4. The predicted molar refractivity (Wildman–Crippen MR) is 102 cm³/mol. The van der Waals surface area contributed by atoms with Crippen molar-refractivity contribution in [2.45, 2.75) is 25.7 Å². The second kappa shape index (κ2) is 7.16. The van der Waals surface area contributed by atoms with Crippen LogP contribution < -0.4 is 5.63 Å². The molecule has 2 heterocycles. The van der Waals surface area contributed by atoms with Crippen LogP contribution in [0.25, 0.3) is 21.9 Å². The number of carbonyl (C=O) groups is 1. The Hall–Kier alpha value is -2.88. The van der Waals surface area contributed by atoms with Gasteiger partial charge in [0.05, 0.1) is 5.39 Å². The fraction of sp³-hybridized carbons (Fsp3) is 0.273. The summed E-state index contributed by atoms with van der Waals surface area (Å²) >= 11 is 0. The van der Waals surface area contributed by atoms with Gasteiger partial charge in [0.15, 0.2) is 0 Å². The summed E-state index contributed by atoms with van der Waals surface area (Å²) in [6, 6.07) is 17.0. The topological polar surface area (TPSA) is 50.5 Å². The Morgan fingerprint density at radius 3 is 2.12 bits per heavy atom. The Morgan fingerprint density at radius 2 is 1.42 bits per heavy atom. The van der Waals surface area contributed by atoms with Crippen LogP contribution in [0.4, 0.5) is 0 Å². The molecule has 0 spiro atoms. The molecule has 1 aliphatic rings. The van der Waals surface area contributed by atoms with E-state index in [0.29, 0.717) is 24.0 Å². The van der Waals surface area contributed by atoms with Crippen molar-refractivity contribution in [3.05, 3.63) is 70.8 Å². The van der Waals surface area contributed by atoms with Gasteiger partial charge in [-0.3, -0.25) is 4.79 Å². The van der Waals surface area contributed by atoms with Crippen LogP contribution >= 0.6 is 0 Å². The van der Waals surface area contributed by atoms with E-state index in [0.717, 1.165) is 36.6 Å². The third kappa shape index (κ3) is 3.03. The van der Waals surface area contributed by atoms with Gasteiger partial charge in [-0.2, -0.15) is 0 Å². The molecule has 0 saturated carbocycles. The van der Waals surface area contributed by atoms with Gasteiger partial charge in [-0.15, -0.1) is 0 Å². The van der Waals surface area contributed by atoms with Crippen molar-refractivity contribution < 1.29 is 9.21 Å². The smallest absolute Gasteiger partial charge is 0.344 e. The summed E-state index contributed by atoms with van der Waals surface area (Å²) in [5, 5.41) is 1.26. The Morgan fingerprint density at radius 1 is 0.808 bits per heavy atom. The van der Waals surface area contributed by atoms with E-state index >= 15 is 0 Å². The molecule has 4 nitrogen and oxygen atoms in total. The number of nitrogens with zero attached hydrogens (tertiary/aromatic N) is 1. The summed E-state index contributed by atoms with van der Waals surface area (Å²) in [7, 11) is 0. The van der Waals surface area contributed by atoms with Crippen LogP contribution in [0.5, 0.6) is 0 Å². The highest BCUT2D eigenvalue weighted by Crippen LogP contribution is 2.31. The van der Waals surface area contributed by atoms with Gasteiger partial charge >= 0.3 is 5.63 Å². The number of benzene rings is 2. The molecule has 0 bridgehead atoms. The fourth-order valence-electron chi connectivity index (χ4n) is 3.66. The minimum atomic E-state index is -0.460. The number of amides is 1. The summed E-state index contributed by atoms with van der Waals surface area (Å²) in [5.74, 6) is -0.0320. The van der Waals surface area contributed by atoms with Crippen LogP contribution in [0, 0.1) is 0 Å². The van der Waals surface area contributed by atoms with E-state index in [1.54, 1.807) is 6.07 Å². The summed E-state index contributed by atoms with van der Waals surface area (Å²) in [6.45, 7) is 1.42. The minimum absolute atomic E-state index is 0.154. The van der Waals surface area contributed by atoms with Gasteiger partial charge in [0.25, 0.3) is 5.91 Å². The Kier molecular flexibility index (Phi) is 4.57. The summed E-state index contributed by atoms with van der Waals surface area (Å²) in [4.78, 5) is 27.6. The van der Waals surface area contributed by atoms with Gasteiger partial charge in [-0.1, -0.05) is 61.4 Å². The molecule has 132 valence electrons. The molecular formula is C22H21NO3. The Labute approximate surface area is 152 Å². The maximum atomic E-state index is 13.2. The van der Waals surface area contributed by atoms with E-state index in [1.807, 2.05) is 53.4 Å². The molecule has 1 amide bonds. The lowest BCUT2D eigenvalue weighted by Gasteiger charge is -2.21. The zero-order valence-corrected chi connectivity index (χ0v) is 14.6. The molecule has 0 aliphatic carbocycles. The van der Waals surface area contributed by atoms with Crippen LogP contribution in [0.3, 0.4) is 0 Å². The minimum Gasteiger partial charge on any atom is -0.416 e. The maximum absolute atomic E-state index is 13.2. The quantitative estimate of drug-likeness (QED) is 0.687. The largest absolute Gasteiger partial charge is 0.416 e. The molecule has 4 rings (SSSR count). The van der Waals surface area contributed by atoms with Gasteiger partial charge in [-0.25, -0.2) is 4.79 Å². The van der Waals surface area contributed by atoms with E-state index in [-0.39, 0.29) is 11.7 Å². The second-order valence-corrected chi connectivity index (χ2v) is 6.71. The normalized spacial score (nSPS) is 15.0. The van der Waals surface area contributed by atoms with Gasteiger partial charge in [0, 0.05) is 24.0 Å². The average molecular weight is 347 g/mol. The lowest BCUT2D eigenvalue weighted by Crippen LogP contribution is -2.32.